The summed E-state index contributed by atoms with van der Waals surface area (Å²) < 4.78 is 0. The van der Waals surface area contributed by atoms with Gasteiger partial charge in [0.1, 0.15) is 0 Å². The second-order valence-corrected chi connectivity index (χ2v) is 3.19. The van der Waals surface area contributed by atoms with Crippen LogP contribution in [0.1, 0.15) is 32.6 Å². The molecule has 0 fully saturated rings. The summed E-state index contributed by atoms with van der Waals surface area (Å²) in [5, 5.41) is 2.83. The van der Waals surface area contributed by atoms with E-state index in [1.165, 1.54) is 19.3 Å². The van der Waals surface area contributed by atoms with Gasteiger partial charge in [0, 0.05) is 20.6 Å². The fourth-order valence-electron chi connectivity index (χ4n) is 0.905. The Balaban J connectivity index is 3.14. The van der Waals surface area contributed by atoms with Crippen LogP contribution in [0.5, 0.6) is 0 Å². The first-order chi connectivity index (χ1) is 5.68. The molecule has 0 rings (SSSR count). The Kier molecular flexibility index (Phi) is 6.53. The van der Waals surface area contributed by atoms with E-state index in [4.69, 9.17) is 0 Å². The molecule has 0 aliphatic rings. The van der Waals surface area contributed by atoms with E-state index in [9.17, 15) is 4.79 Å². The zero-order valence-electron chi connectivity index (χ0n) is 8.39. The highest BCUT2D eigenvalue weighted by Crippen LogP contribution is 1.96. The van der Waals surface area contributed by atoms with Crippen LogP contribution in [0.4, 0.5) is 4.79 Å². The minimum absolute atomic E-state index is 0.00602. The highest BCUT2D eigenvalue weighted by Gasteiger charge is 1.99. The number of carbonyl (C=O) groups excluding carboxylic acids is 1. The van der Waals surface area contributed by atoms with Gasteiger partial charge < -0.3 is 10.2 Å². The maximum absolute atomic E-state index is 11.0. The zero-order chi connectivity index (χ0) is 9.40. The minimum Gasteiger partial charge on any atom is -0.338 e. The Hall–Kier alpha value is -0.730. The molecule has 1 N–H and O–H groups in total. The summed E-state index contributed by atoms with van der Waals surface area (Å²) in [5.74, 6) is 0. The van der Waals surface area contributed by atoms with Crippen LogP contribution in [0.3, 0.4) is 0 Å². The normalized spacial score (nSPS) is 9.58. The summed E-state index contributed by atoms with van der Waals surface area (Å²) in [6, 6.07) is 0.00602. The third-order valence-electron chi connectivity index (χ3n) is 1.71. The maximum Gasteiger partial charge on any atom is 0.316 e. The van der Waals surface area contributed by atoms with E-state index in [-0.39, 0.29) is 6.03 Å². The first-order valence-corrected chi connectivity index (χ1v) is 4.63. The molecule has 12 heavy (non-hydrogen) atoms. The fourth-order valence-corrected chi connectivity index (χ4v) is 0.905. The smallest absolute Gasteiger partial charge is 0.316 e. The molecule has 72 valence electrons. The maximum atomic E-state index is 11.0. The molecule has 0 aromatic carbocycles. The molecule has 0 aromatic heterocycles. The second kappa shape index (κ2) is 6.95. The van der Waals surface area contributed by atoms with E-state index in [0.717, 1.165) is 13.0 Å². The molecule has 0 saturated heterocycles. The summed E-state index contributed by atoms with van der Waals surface area (Å²) in [5.41, 5.74) is 0. The number of nitrogens with one attached hydrogen (secondary N) is 1. The molecule has 0 radical (unpaired) electrons. The van der Waals surface area contributed by atoms with E-state index < -0.39 is 0 Å². The van der Waals surface area contributed by atoms with Crippen LogP contribution < -0.4 is 5.32 Å². The van der Waals surface area contributed by atoms with Crippen molar-refractivity contribution in [3.63, 3.8) is 0 Å². The third kappa shape index (κ3) is 6.01. The van der Waals surface area contributed by atoms with E-state index in [1.54, 1.807) is 19.0 Å². The van der Waals surface area contributed by atoms with Gasteiger partial charge in [0.2, 0.25) is 0 Å². The SMILES string of the molecule is CCCCCCNC(=O)N(C)C. The summed E-state index contributed by atoms with van der Waals surface area (Å²) >= 11 is 0. The van der Waals surface area contributed by atoms with E-state index in [2.05, 4.69) is 12.2 Å². The number of amides is 2. The lowest BCUT2D eigenvalue weighted by atomic mass is 10.2. The van der Waals surface area contributed by atoms with E-state index in [1.807, 2.05) is 0 Å². The monoisotopic (exact) mass is 172 g/mol. The number of hydrogen-bond donors (Lipinski definition) is 1. The van der Waals surface area contributed by atoms with Crippen LogP contribution in [0.15, 0.2) is 0 Å². The van der Waals surface area contributed by atoms with E-state index in [0.29, 0.717) is 0 Å². The predicted molar refractivity (Wildman–Crippen MR) is 51.2 cm³/mol. The van der Waals surface area contributed by atoms with Crippen LogP contribution in [-0.4, -0.2) is 31.6 Å². The van der Waals surface area contributed by atoms with Gasteiger partial charge in [0.05, 0.1) is 0 Å². The molecular formula is C9H20N2O. The largest absolute Gasteiger partial charge is 0.338 e. The predicted octanol–water partition coefficient (Wildman–Crippen LogP) is 1.84. The standard InChI is InChI=1S/C9H20N2O/c1-4-5-6-7-8-10-9(12)11(2)3/h4-8H2,1-3H3,(H,10,12). The lowest BCUT2D eigenvalue weighted by Crippen LogP contribution is -2.34. The van der Waals surface area contributed by atoms with Crippen molar-refractivity contribution in [3.8, 4) is 0 Å². The minimum atomic E-state index is 0.00602. The average Bonchev–Trinajstić information content (AvgIpc) is 2.03. The number of urea groups is 1. The zero-order valence-corrected chi connectivity index (χ0v) is 8.39. The summed E-state index contributed by atoms with van der Waals surface area (Å²) in [7, 11) is 3.50. The first-order valence-electron chi connectivity index (χ1n) is 4.63. The van der Waals surface area contributed by atoms with Gasteiger partial charge in [0.25, 0.3) is 0 Å². The van der Waals surface area contributed by atoms with Gasteiger partial charge >= 0.3 is 6.03 Å². The molecule has 2 amide bonds. The van der Waals surface area contributed by atoms with Gasteiger partial charge in [-0.05, 0) is 6.42 Å². The number of unbranched alkanes of at least 4 members (excludes halogenated alkanes) is 3. The van der Waals surface area contributed by atoms with Crippen LogP contribution >= 0.6 is 0 Å². The highest BCUT2D eigenvalue weighted by molar-refractivity contribution is 5.73. The second-order valence-electron chi connectivity index (χ2n) is 3.19. The van der Waals surface area contributed by atoms with Crippen LogP contribution in [0.25, 0.3) is 0 Å². The molecule has 0 aliphatic carbocycles. The fraction of sp³-hybridized carbons (Fsp3) is 0.889. The lowest BCUT2D eigenvalue weighted by Gasteiger charge is -2.11. The van der Waals surface area contributed by atoms with Crippen molar-refractivity contribution in [2.24, 2.45) is 0 Å². The van der Waals surface area contributed by atoms with Gasteiger partial charge in [0.15, 0.2) is 0 Å². The lowest BCUT2D eigenvalue weighted by molar-refractivity contribution is 0.217. The number of carbonyl (C=O) groups is 1. The molecule has 0 atom stereocenters. The molecule has 0 bridgehead atoms. The Labute approximate surface area is 75.1 Å². The Morgan fingerprint density at radius 1 is 1.25 bits per heavy atom. The number of rotatable bonds is 5. The number of hydrogen-bond acceptors (Lipinski definition) is 1. The number of nitrogens with zero attached hydrogens (tertiary/aromatic N) is 1. The first kappa shape index (κ1) is 11.3. The molecule has 0 unspecified atom stereocenters. The Morgan fingerprint density at radius 2 is 1.92 bits per heavy atom. The van der Waals surface area contributed by atoms with Gasteiger partial charge in [-0.1, -0.05) is 26.2 Å². The van der Waals surface area contributed by atoms with Gasteiger partial charge in [-0.3, -0.25) is 0 Å². The van der Waals surface area contributed by atoms with Crippen LogP contribution in [0.2, 0.25) is 0 Å². The third-order valence-corrected chi connectivity index (χ3v) is 1.71. The van der Waals surface area contributed by atoms with Crippen molar-refractivity contribution in [2.45, 2.75) is 32.6 Å². The summed E-state index contributed by atoms with van der Waals surface area (Å²) in [6.07, 6.45) is 4.80. The quantitative estimate of drug-likeness (QED) is 0.630. The van der Waals surface area contributed by atoms with Crippen molar-refractivity contribution >= 4 is 6.03 Å². The molecule has 3 nitrogen and oxygen atoms in total. The summed E-state index contributed by atoms with van der Waals surface area (Å²) in [4.78, 5) is 12.5. The Bertz CT molecular complexity index is 124. The van der Waals surface area contributed by atoms with Crippen LogP contribution in [0, 0.1) is 0 Å². The van der Waals surface area contributed by atoms with Gasteiger partial charge in [-0.2, -0.15) is 0 Å². The molecule has 0 heterocycles. The van der Waals surface area contributed by atoms with E-state index >= 15 is 0 Å². The van der Waals surface area contributed by atoms with Gasteiger partial charge in [-0.15, -0.1) is 0 Å². The van der Waals surface area contributed by atoms with Crippen molar-refractivity contribution in [2.75, 3.05) is 20.6 Å². The Morgan fingerprint density at radius 3 is 2.42 bits per heavy atom. The molecule has 3 heteroatoms. The topological polar surface area (TPSA) is 32.3 Å². The van der Waals surface area contributed by atoms with Crippen molar-refractivity contribution < 1.29 is 4.79 Å². The highest BCUT2D eigenvalue weighted by atomic mass is 16.2. The summed E-state index contributed by atoms with van der Waals surface area (Å²) in [6.45, 7) is 2.98. The molecule has 0 aromatic rings. The molecular weight excluding hydrogens is 152 g/mol. The average molecular weight is 172 g/mol. The van der Waals surface area contributed by atoms with Crippen molar-refractivity contribution in [3.05, 3.63) is 0 Å². The molecule has 0 spiro atoms. The molecule has 0 saturated carbocycles. The van der Waals surface area contributed by atoms with Crippen molar-refractivity contribution in [1.82, 2.24) is 10.2 Å². The molecule has 0 aliphatic heterocycles. The van der Waals surface area contributed by atoms with Gasteiger partial charge in [-0.25, -0.2) is 4.79 Å². The van der Waals surface area contributed by atoms with Crippen LogP contribution in [-0.2, 0) is 0 Å². The van der Waals surface area contributed by atoms with Crippen molar-refractivity contribution in [1.29, 1.82) is 0 Å².